The van der Waals surface area contributed by atoms with Gasteiger partial charge in [-0.25, -0.2) is 9.78 Å². The van der Waals surface area contributed by atoms with Crippen molar-refractivity contribution in [2.24, 2.45) is 5.10 Å². The molecule has 0 bridgehead atoms. The highest BCUT2D eigenvalue weighted by Crippen LogP contribution is 2.39. The number of hydrogen-bond donors (Lipinski definition) is 0. The number of ether oxygens (including phenoxy) is 3. The van der Waals surface area contributed by atoms with E-state index in [1.165, 1.54) is 44.4 Å². The molecule has 11 nitrogen and oxygen atoms in total. The Balaban J connectivity index is 1.86. The summed E-state index contributed by atoms with van der Waals surface area (Å²) in [5.41, 5.74) is -1.94. The second-order valence-corrected chi connectivity index (χ2v) is 8.73. The quantitative estimate of drug-likeness (QED) is 0.113. The van der Waals surface area contributed by atoms with Crippen LogP contribution in [0.1, 0.15) is 25.0 Å². The third-order valence-corrected chi connectivity index (χ3v) is 5.91. The van der Waals surface area contributed by atoms with Gasteiger partial charge in [-0.3, -0.25) is 14.9 Å². The average molecular weight is 585 g/mol. The fourth-order valence-electron chi connectivity index (χ4n) is 3.95. The first-order chi connectivity index (χ1) is 19.9. The molecule has 0 saturated heterocycles. The number of nitro benzene ring substituents is 1. The molecular formula is C28H23F3N4O7. The van der Waals surface area contributed by atoms with Crippen LogP contribution in [0.25, 0.3) is 22.3 Å². The van der Waals surface area contributed by atoms with Crippen molar-refractivity contribution < 1.29 is 37.1 Å². The number of nitrogens with zero attached hydrogens (tertiary/aromatic N) is 4. The van der Waals surface area contributed by atoms with Crippen molar-refractivity contribution in [2.45, 2.75) is 26.1 Å². The van der Waals surface area contributed by atoms with Gasteiger partial charge >= 0.3 is 17.8 Å². The highest BCUT2D eigenvalue weighted by atomic mass is 19.4. The zero-order valence-corrected chi connectivity index (χ0v) is 22.4. The number of carbonyl (C=O) groups excluding carboxylic acids is 1. The molecule has 0 unspecified atom stereocenters. The van der Waals surface area contributed by atoms with Crippen molar-refractivity contribution in [1.29, 1.82) is 0 Å². The molecule has 0 spiro atoms. The summed E-state index contributed by atoms with van der Waals surface area (Å²) in [6.07, 6.45) is -4.76. The first-order valence-corrected chi connectivity index (χ1v) is 12.4. The zero-order chi connectivity index (χ0) is 30.6. The van der Waals surface area contributed by atoms with E-state index in [9.17, 15) is 32.9 Å². The number of halogens is 3. The molecule has 14 heteroatoms. The molecule has 42 heavy (non-hydrogen) atoms. The van der Waals surface area contributed by atoms with E-state index in [1.54, 1.807) is 19.1 Å². The highest BCUT2D eigenvalue weighted by molar-refractivity contribution is 5.84. The molecule has 0 radical (unpaired) electrons. The molecular weight excluding hydrogens is 561 g/mol. The first kappa shape index (κ1) is 29.7. The second kappa shape index (κ2) is 12.1. The molecule has 0 aliphatic heterocycles. The first-order valence-electron chi connectivity index (χ1n) is 12.4. The molecule has 4 aromatic rings. The van der Waals surface area contributed by atoms with Crippen molar-refractivity contribution in [1.82, 2.24) is 9.66 Å². The van der Waals surface area contributed by atoms with Crippen molar-refractivity contribution in [3.63, 3.8) is 0 Å². The number of hydrogen-bond acceptors (Lipinski definition) is 9. The number of para-hydroxylation sites is 1. The molecule has 1 aromatic heterocycles. The van der Waals surface area contributed by atoms with Gasteiger partial charge in [0.2, 0.25) is 5.75 Å². The monoisotopic (exact) mass is 584 g/mol. The molecule has 0 amide bonds. The number of benzene rings is 3. The molecule has 0 saturated carbocycles. The fraction of sp³-hybridized carbons (Fsp3) is 0.214. The Labute approximate surface area is 235 Å². The van der Waals surface area contributed by atoms with Gasteiger partial charge < -0.3 is 14.2 Å². The van der Waals surface area contributed by atoms with Gasteiger partial charge in [0.25, 0.3) is 5.56 Å². The van der Waals surface area contributed by atoms with E-state index in [1.807, 2.05) is 0 Å². The molecule has 3 aromatic carbocycles. The molecule has 0 N–H and O–H groups in total. The number of rotatable bonds is 9. The molecule has 1 heterocycles. The lowest BCUT2D eigenvalue weighted by molar-refractivity contribution is -0.386. The average Bonchev–Trinajstić information content (AvgIpc) is 2.96. The van der Waals surface area contributed by atoms with Crippen LogP contribution in [0.2, 0.25) is 0 Å². The van der Waals surface area contributed by atoms with E-state index in [0.29, 0.717) is 0 Å². The predicted octanol–water partition coefficient (Wildman–Crippen LogP) is 5.21. The van der Waals surface area contributed by atoms with Crippen LogP contribution in [0.5, 0.6) is 11.5 Å². The highest BCUT2D eigenvalue weighted by Gasteiger charge is 2.31. The maximum atomic E-state index is 13.4. The SMILES string of the molecule is CCOC(=O)[C@H](C)Oc1c(OC)cc(C=Nn2c(-c3cccc(C(F)(F)F)c3)nc3ccccc3c2=O)cc1[N+](=O)[O-]. The third-order valence-electron chi connectivity index (χ3n) is 5.91. The molecule has 0 fully saturated rings. The minimum absolute atomic E-state index is 0.0370. The Morgan fingerprint density at radius 1 is 1.17 bits per heavy atom. The topological polar surface area (TPSA) is 135 Å². The molecule has 0 aliphatic carbocycles. The van der Waals surface area contributed by atoms with Crippen molar-refractivity contribution in [3.05, 3.63) is 92.3 Å². The Bertz CT molecular complexity index is 1750. The van der Waals surface area contributed by atoms with Gasteiger partial charge in [0.15, 0.2) is 17.7 Å². The van der Waals surface area contributed by atoms with Crippen LogP contribution < -0.4 is 15.0 Å². The van der Waals surface area contributed by atoms with Crippen molar-refractivity contribution >= 4 is 28.8 Å². The number of carbonyl (C=O) groups is 1. The van der Waals surface area contributed by atoms with E-state index in [2.05, 4.69) is 10.1 Å². The summed E-state index contributed by atoms with van der Waals surface area (Å²) in [7, 11) is 1.23. The Morgan fingerprint density at radius 3 is 2.57 bits per heavy atom. The molecule has 4 rings (SSSR count). The van der Waals surface area contributed by atoms with Gasteiger partial charge in [0.05, 0.1) is 41.3 Å². The summed E-state index contributed by atoms with van der Waals surface area (Å²) in [5.74, 6) is -1.39. The summed E-state index contributed by atoms with van der Waals surface area (Å²) < 4.78 is 56.7. The van der Waals surface area contributed by atoms with Gasteiger partial charge in [0, 0.05) is 17.2 Å². The van der Waals surface area contributed by atoms with Crippen LogP contribution >= 0.6 is 0 Å². The van der Waals surface area contributed by atoms with Crippen LogP contribution in [0.4, 0.5) is 18.9 Å². The number of esters is 1. The van der Waals surface area contributed by atoms with Gasteiger partial charge in [-0.2, -0.15) is 22.9 Å². The lowest BCUT2D eigenvalue weighted by Gasteiger charge is -2.16. The van der Waals surface area contributed by atoms with Crippen molar-refractivity contribution in [2.75, 3.05) is 13.7 Å². The van der Waals surface area contributed by atoms with E-state index < -0.39 is 40.0 Å². The van der Waals surface area contributed by atoms with E-state index in [-0.39, 0.29) is 46.0 Å². The fourth-order valence-corrected chi connectivity index (χ4v) is 3.95. The summed E-state index contributed by atoms with van der Waals surface area (Å²) in [4.78, 5) is 41.0. The predicted molar refractivity (Wildman–Crippen MR) is 146 cm³/mol. The van der Waals surface area contributed by atoms with Gasteiger partial charge in [-0.1, -0.05) is 24.3 Å². The lowest BCUT2D eigenvalue weighted by atomic mass is 10.1. The number of methoxy groups -OCH3 is 1. The van der Waals surface area contributed by atoms with E-state index in [0.717, 1.165) is 29.1 Å². The smallest absolute Gasteiger partial charge is 0.416 e. The summed E-state index contributed by atoms with van der Waals surface area (Å²) in [6.45, 7) is 3.02. The number of nitro groups is 1. The zero-order valence-electron chi connectivity index (χ0n) is 22.4. The van der Waals surface area contributed by atoms with Crippen molar-refractivity contribution in [3.8, 4) is 22.9 Å². The number of fused-ring (bicyclic) bond motifs is 1. The van der Waals surface area contributed by atoms with Crippen LogP contribution in [-0.4, -0.2) is 46.6 Å². The molecule has 0 aliphatic rings. The van der Waals surface area contributed by atoms with E-state index >= 15 is 0 Å². The van der Waals surface area contributed by atoms with Crippen LogP contribution in [0.15, 0.2) is 70.6 Å². The summed E-state index contributed by atoms with van der Waals surface area (Å²) in [6, 6.07) is 12.9. The van der Waals surface area contributed by atoms with Crippen LogP contribution in [0, 0.1) is 10.1 Å². The number of aromatic nitrogens is 2. The summed E-state index contributed by atoms with van der Waals surface area (Å²) in [5, 5.41) is 16.2. The number of alkyl halides is 3. The largest absolute Gasteiger partial charge is 0.493 e. The standard InChI is InChI=1S/C28H23F3N4O7/c1-4-41-27(37)16(2)42-24-22(35(38)39)12-17(13-23(24)40-3)15-32-34-25(18-8-7-9-19(14-18)28(29,30)31)33-21-11-6-5-10-20(21)26(34)36/h5-16H,4H2,1-3H3/t16-/m0/s1. The minimum Gasteiger partial charge on any atom is -0.493 e. The Kier molecular flexibility index (Phi) is 8.54. The maximum Gasteiger partial charge on any atom is 0.416 e. The van der Waals surface area contributed by atoms with Crippen LogP contribution in [0.3, 0.4) is 0 Å². The van der Waals surface area contributed by atoms with Gasteiger partial charge in [-0.05, 0) is 44.2 Å². The third kappa shape index (κ3) is 6.22. The molecule has 218 valence electrons. The Hall–Kier alpha value is -5.27. The van der Waals surface area contributed by atoms with Gasteiger partial charge in [0.1, 0.15) is 0 Å². The van der Waals surface area contributed by atoms with Gasteiger partial charge in [-0.15, -0.1) is 0 Å². The minimum atomic E-state index is -4.65. The normalized spacial score (nSPS) is 12.3. The van der Waals surface area contributed by atoms with E-state index in [4.69, 9.17) is 14.2 Å². The second-order valence-electron chi connectivity index (χ2n) is 8.73. The maximum absolute atomic E-state index is 13.4. The Morgan fingerprint density at radius 2 is 1.90 bits per heavy atom. The summed E-state index contributed by atoms with van der Waals surface area (Å²) >= 11 is 0. The van der Waals surface area contributed by atoms with Crippen LogP contribution in [-0.2, 0) is 15.7 Å². The molecule has 1 atom stereocenters. The lowest BCUT2D eigenvalue weighted by Crippen LogP contribution is -2.26.